The van der Waals surface area contributed by atoms with Gasteiger partial charge in [0.2, 0.25) is 0 Å². The summed E-state index contributed by atoms with van der Waals surface area (Å²) in [6, 6.07) is 0. The van der Waals surface area contributed by atoms with Gasteiger partial charge in [0, 0.05) is 6.61 Å². The minimum Gasteiger partial charge on any atom is -0.375 e. The summed E-state index contributed by atoms with van der Waals surface area (Å²) in [5, 5.41) is 0. The Morgan fingerprint density at radius 1 is 1.06 bits per heavy atom. The smallest absolute Gasteiger partial charge is 0.0685 e. The van der Waals surface area contributed by atoms with Crippen molar-refractivity contribution in [2.75, 3.05) is 6.61 Å². The van der Waals surface area contributed by atoms with Crippen molar-refractivity contribution in [2.24, 2.45) is 17.3 Å². The Hall–Kier alpha value is -0.0400. The molecule has 1 heteroatoms. The number of rotatable bonds is 0. The molecule has 0 amide bonds. The summed E-state index contributed by atoms with van der Waals surface area (Å²) < 4.78 is 6.14. The van der Waals surface area contributed by atoms with Gasteiger partial charge < -0.3 is 4.74 Å². The molecule has 0 bridgehead atoms. The van der Waals surface area contributed by atoms with Crippen LogP contribution in [0.5, 0.6) is 0 Å². The normalized spacial score (nSPS) is 41.2. The van der Waals surface area contributed by atoms with Gasteiger partial charge in [-0.25, -0.2) is 0 Å². The zero-order valence-electron chi connectivity index (χ0n) is 11.5. The van der Waals surface area contributed by atoms with Gasteiger partial charge in [-0.1, -0.05) is 27.7 Å². The summed E-state index contributed by atoms with van der Waals surface area (Å²) in [6.45, 7) is 10.6. The summed E-state index contributed by atoms with van der Waals surface area (Å²) in [4.78, 5) is 0. The van der Waals surface area contributed by atoms with Crippen LogP contribution in [0.1, 0.15) is 66.2 Å². The van der Waals surface area contributed by atoms with E-state index in [0.717, 1.165) is 18.4 Å². The number of hydrogen-bond acceptors (Lipinski definition) is 1. The fraction of sp³-hybridized carbons (Fsp3) is 1.00. The van der Waals surface area contributed by atoms with Crippen LogP contribution in [-0.4, -0.2) is 12.2 Å². The highest BCUT2D eigenvalue weighted by atomic mass is 16.5. The maximum absolute atomic E-state index is 6.14. The van der Waals surface area contributed by atoms with Crippen LogP contribution in [0, 0.1) is 17.3 Å². The van der Waals surface area contributed by atoms with Gasteiger partial charge in [-0.2, -0.15) is 0 Å². The Balaban J connectivity index is 1.93. The van der Waals surface area contributed by atoms with Crippen molar-refractivity contribution in [3.05, 3.63) is 0 Å². The van der Waals surface area contributed by atoms with Gasteiger partial charge in [0.05, 0.1) is 5.60 Å². The molecule has 1 heterocycles. The lowest BCUT2D eigenvalue weighted by Crippen LogP contribution is -2.44. The van der Waals surface area contributed by atoms with Gasteiger partial charge >= 0.3 is 0 Å². The second kappa shape index (κ2) is 4.33. The van der Waals surface area contributed by atoms with Gasteiger partial charge in [0.15, 0.2) is 0 Å². The van der Waals surface area contributed by atoms with Crippen molar-refractivity contribution in [3.63, 3.8) is 0 Å². The van der Waals surface area contributed by atoms with Crippen LogP contribution >= 0.6 is 0 Å². The minimum atomic E-state index is 0.277. The molecule has 1 saturated heterocycles. The topological polar surface area (TPSA) is 9.23 Å². The third-order valence-electron chi connectivity index (χ3n) is 4.86. The summed E-state index contributed by atoms with van der Waals surface area (Å²) in [7, 11) is 0. The molecule has 2 rings (SSSR count). The Kier molecular flexibility index (Phi) is 3.36. The Bertz CT molecular complexity index is 230. The van der Waals surface area contributed by atoms with Gasteiger partial charge in [-0.05, 0) is 55.8 Å². The van der Waals surface area contributed by atoms with Crippen molar-refractivity contribution < 1.29 is 4.74 Å². The monoisotopic (exact) mass is 224 g/mol. The molecule has 1 unspecified atom stereocenters. The van der Waals surface area contributed by atoms with Crippen LogP contribution in [0.2, 0.25) is 0 Å². The average molecular weight is 224 g/mol. The van der Waals surface area contributed by atoms with E-state index in [2.05, 4.69) is 27.7 Å². The van der Waals surface area contributed by atoms with E-state index in [9.17, 15) is 0 Å². The predicted molar refractivity (Wildman–Crippen MR) is 68.5 cm³/mol. The van der Waals surface area contributed by atoms with Gasteiger partial charge in [0.25, 0.3) is 0 Å². The second-order valence-corrected chi connectivity index (χ2v) is 7.27. The average Bonchev–Trinajstić information content (AvgIpc) is 2.16. The van der Waals surface area contributed by atoms with Crippen LogP contribution in [0.4, 0.5) is 0 Å². The van der Waals surface area contributed by atoms with Crippen LogP contribution in [-0.2, 0) is 4.74 Å². The minimum absolute atomic E-state index is 0.277. The summed E-state index contributed by atoms with van der Waals surface area (Å²) in [6.07, 6.45) is 7.93. The molecule has 0 N–H and O–H groups in total. The molecule has 1 aliphatic carbocycles. The first-order valence-corrected chi connectivity index (χ1v) is 7.05. The molecule has 94 valence electrons. The molecule has 1 saturated carbocycles. The third-order valence-corrected chi connectivity index (χ3v) is 4.86. The van der Waals surface area contributed by atoms with Crippen molar-refractivity contribution in [3.8, 4) is 0 Å². The van der Waals surface area contributed by atoms with E-state index in [0.29, 0.717) is 5.41 Å². The van der Waals surface area contributed by atoms with E-state index in [-0.39, 0.29) is 5.60 Å². The molecule has 0 aromatic carbocycles. The highest BCUT2D eigenvalue weighted by Crippen LogP contribution is 2.46. The molecule has 1 aliphatic heterocycles. The lowest BCUT2D eigenvalue weighted by atomic mass is 9.66. The van der Waals surface area contributed by atoms with E-state index >= 15 is 0 Å². The molecule has 1 nitrogen and oxygen atoms in total. The van der Waals surface area contributed by atoms with Crippen LogP contribution < -0.4 is 0 Å². The summed E-state index contributed by atoms with van der Waals surface area (Å²) in [5.74, 6) is 1.78. The molecular formula is C15H28O. The van der Waals surface area contributed by atoms with Crippen molar-refractivity contribution >= 4 is 0 Å². The highest BCUT2D eigenvalue weighted by Gasteiger charge is 2.41. The van der Waals surface area contributed by atoms with E-state index in [1.165, 1.54) is 38.5 Å². The molecule has 1 spiro atoms. The van der Waals surface area contributed by atoms with Crippen LogP contribution in [0.25, 0.3) is 0 Å². The largest absolute Gasteiger partial charge is 0.375 e. The first kappa shape index (κ1) is 12.4. The van der Waals surface area contributed by atoms with Crippen molar-refractivity contribution in [2.45, 2.75) is 71.8 Å². The van der Waals surface area contributed by atoms with E-state index in [4.69, 9.17) is 4.74 Å². The first-order chi connectivity index (χ1) is 7.41. The highest BCUT2D eigenvalue weighted by molar-refractivity contribution is 4.93. The van der Waals surface area contributed by atoms with Gasteiger partial charge in [-0.15, -0.1) is 0 Å². The maximum Gasteiger partial charge on any atom is 0.0685 e. The molecular weight excluding hydrogens is 196 g/mol. The zero-order chi connectivity index (χ0) is 11.8. The Labute approximate surface area is 101 Å². The first-order valence-electron chi connectivity index (χ1n) is 7.05. The maximum atomic E-state index is 6.14. The van der Waals surface area contributed by atoms with E-state index in [1.54, 1.807) is 0 Å². The molecule has 0 aromatic heterocycles. The van der Waals surface area contributed by atoms with Crippen molar-refractivity contribution in [1.29, 1.82) is 0 Å². The fourth-order valence-electron chi connectivity index (χ4n) is 3.63. The lowest BCUT2D eigenvalue weighted by molar-refractivity contribution is -0.126. The third kappa shape index (κ3) is 2.61. The molecule has 1 atom stereocenters. The zero-order valence-corrected chi connectivity index (χ0v) is 11.5. The molecule has 2 aliphatic rings. The summed E-state index contributed by atoms with van der Waals surface area (Å²) >= 11 is 0. The molecule has 2 fully saturated rings. The quantitative estimate of drug-likeness (QED) is 0.592. The predicted octanol–water partition coefficient (Wildman–Crippen LogP) is 4.41. The van der Waals surface area contributed by atoms with Crippen LogP contribution in [0.15, 0.2) is 0 Å². The molecule has 16 heavy (non-hydrogen) atoms. The Morgan fingerprint density at radius 2 is 1.69 bits per heavy atom. The van der Waals surface area contributed by atoms with Gasteiger partial charge in [0.1, 0.15) is 0 Å². The van der Waals surface area contributed by atoms with Crippen molar-refractivity contribution in [1.82, 2.24) is 0 Å². The molecule has 0 aromatic rings. The SMILES string of the molecule is CC1CCOC2(CCC(C(C)(C)C)CC2)C1. The Morgan fingerprint density at radius 3 is 2.19 bits per heavy atom. The van der Waals surface area contributed by atoms with E-state index < -0.39 is 0 Å². The van der Waals surface area contributed by atoms with Crippen LogP contribution in [0.3, 0.4) is 0 Å². The van der Waals surface area contributed by atoms with E-state index in [1.807, 2.05) is 0 Å². The number of hydrogen-bond donors (Lipinski definition) is 0. The fourth-order valence-corrected chi connectivity index (χ4v) is 3.63. The lowest BCUT2D eigenvalue weighted by Gasteiger charge is -2.47. The number of ether oxygens (including phenoxy) is 1. The standard InChI is InChI=1S/C15H28O/c1-12-7-10-16-15(11-12)8-5-13(6-9-15)14(2,3)4/h12-13H,5-11H2,1-4H3. The van der Waals surface area contributed by atoms with Gasteiger partial charge in [-0.3, -0.25) is 0 Å². The second-order valence-electron chi connectivity index (χ2n) is 7.27. The summed E-state index contributed by atoms with van der Waals surface area (Å²) in [5.41, 5.74) is 0.765. The molecule has 0 radical (unpaired) electrons.